The Hall–Kier alpha value is -3.76. The number of para-hydroxylation sites is 1. The lowest BCUT2D eigenvalue weighted by molar-refractivity contribution is -0.124. The number of amides is 1. The molecule has 7 N–H and O–H groups in total. The van der Waals surface area contributed by atoms with Crippen LogP contribution in [-0.4, -0.2) is 42.8 Å². The Morgan fingerprint density at radius 3 is 2.49 bits per heavy atom. The molecule has 1 amide bonds. The Morgan fingerprint density at radius 2 is 1.80 bits per heavy atom. The van der Waals surface area contributed by atoms with E-state index in [1.54, 1.807) is 6.07 Å². The summed E-state index contributed by atoms with van der Waals surface area (Å²) in [6, 6.07) is 15.8. The number of aryl methyl sites for hydroxylation is 2. The predicted molar refractivity (Wildman–Crippen MR) is 164 cm³/mol. The molecule has 6 rings (SSSR count). The zero-order valence-corrected chi connectivity index (χ0v) is 24.3. The number of likely N-dealkylation sites (tertiary alicyclic amines) is 1. The second-order valence-corrected chi connectivity index (χ2v) is 12.3. The fourth-order valence-electron chi connectivity index (χ4n) is 6.57. The molecule has 4 aromatic rings. The van der Waals surface area contributed by atoms with E-state index >= 15 is 0 Å². The van der Waals surface area contributed by atoms with E-state index in [0.717, 1.165) is 41.8 Å². The van der Waals surface area contributed by atoms with E-state index in [2.05, 4.69) is 10.2 Å². The first-order valence-corrected chi connectivity index (χ1v) is 14.7. The Bertz CT molecular complexity index is 1660. The van der Waals surface area contributed by atoms with Crippen LogP contribution in [0.5, 0.6) is 11.5 Å². The minimum atomic E-state index is -1.53. The van der Waals surface area contributed by atoms with Gasteiger partial charge < -0.3 is 32.2 Å². The Balaban J connectivity index is 1.46. The van der Waals surface area contributed by atoms with Crippen molar-refractivity contribution in [3.63, 3.8) is 0 Å². The van der Waals surface area contributed by atoms with Crippen molar-refractivity contribution < 1.29 is 14.3 Å². The number of nitrogens with zero attached hydrogens (tertiary/aromatic N) is 1. The van der Waals surface area contributed by atoms with Crippen LogP contribution >= 0.6 is 11.3 Å². The molecule has 212 valence electrons. The van der Waals surface area contributed by atoms with E-state index in [9.17, 15) is 9.59 Å². The van der Waals surface area contributed by atoms with Crippen LogP contribution in [0.4, 0.5) is 5.69 Å². The van der Waals surface area contributed by atoms with E-state index in [0.29, 0.717) is 44.1 Å². The van der Waals surface area contributed by atoms with Crippen molar-refractivity contribution >= 4 is 38.8 Å². The van der Waals surface area contributed by atoms with Crippen LogP contribution in [0, 0.1) is 13.8 Å². The van der Waals surface area contributed by atoms with Gasteiger partial charge in [-0.05, 0) is 92.9 Å². The maximum Gasteiger partial charge on any atom is 0.262 e. The van der Waals surface area contributed by atoms with E-state index in [1.165, 1.54) is 11.3 Å². The number of anilines is 1. The van der Waals surface area contributed by atoms with E-state index in [4.69, 9.17) is 21.9 Å². The molecule has 2 heterocycles. The van der Waals surface area contributed by atoms with Crippen molar-refractivity contribution in [1.82, 2.24) is 10.2 Å². The number of carbonyl (C=O) groups is 2. The second kappa shape index (κ2) is 10.3. The lowest BCUT2D eigenvalue weighted by Gasteiger charge is -2.38. The van der Waals surface area contributed by atoms with Gasteiger partial charge in [0.25, 0.3) is 5.91 Å². The number of Topliss-reactive ketones (excluding diaryl/α,β-unsaturated/α-hetero) is 1. The first-order valence-electron chi connectivity index (χ1n) is 13.9. The number of nitrogens with one attached hydrogen (secondary N) is 1. The maximum absolute atomic E-state index is 14.3. The molecule has 0 saturated carbocycles. The Kier molecular flexibility index (Phi) is 6.86. The minimum absolute atomic E-state index is 0.0292. The first-order chi connectivity index (χ1) is 19.6. The van der Waals surface area contributed by atoms with Gasteiger partial charge in [-0.3, -0.25) is 9.59 Å². The Morgan fingerprint density at radius 1 is 1.10 bits per heavy atom. The number of rotatable bonds is 5. The smallest absolute Gasteiger partial charge is 0.262 e. The number of thiophene rings is 1. The molecule has 3 unspecified atom stereocenters. The number of hydrogen-bond acceptors (Lipinski definition) is 8. The van der Waals surface area contributed by atoms with Crippen LogP contribution in [-0.2, 0) is 10.3 Å². The quantitative estimate of drug-likeness (QED) is 0.260. The number of nitrogens with two attached hydrogens (primary N) is 3. The fraction of sp³-hybridized carbons (Fsp3) is 0.312. The summed E-state index contributed by atoms with van der Waals surface area (Å²) in [4.78, 5) is 30.5. The van der Waals surface area contributed by atoms with Gasteiger partial charge in [0, 0.05) is 29.2 Å². The molecule has 1 fully saturated rings. The maximum atomic E-state index is 14.3. The molecule has 1 aliphatic carbocycles. The number of ether oxygens (including phenoxy) is 1. The van der Waals surface area contributed by atoms with Crippen molar-refractivity contribution in [1.29, 1.82) is 0 Å². The number of likely N-dealkylation sites (N-methyl/N-ethyl adjacent to an activating group) is 1. The van der Waals surface area contributed by atoms with Gasteiger partial charge in [0.2, 0.25) is 0 Å². The molecular formula is C32H35N5O3S. The van der Waals surface area contributed by atoms with E-state index in [1.807, 2.05) is 69.4 Å². The minimum Gasteiger partial charge on any atom is -0.457 e. The van der Waals surface area contributed by atoms with E-state index in [-0.39, 0.29) is 17.7 Å². The molecule has 8 nitrogen and oxygen atoms in total. The monoisotopic (exact) mass is 569 g/mol. The average Bonchev–Trinajstić information content (AvgIpc) is 3.34. The van der Waals surface area contributed by atoms with Crippen molar-refractivity contribution in [2.45, 2.75) is 44.3 Å². The summed E-state index contributed by atoms with van der Waals surface area (Å²) in [6.07, 6.45) is 1.92. The van der Waals surface area contributed by atoms with Gasteiger partial charge in [-0.2, -0.15) is 0 Å². The van der Waals surface area contributed by atoms with Crippen LogP contribution in [0.2, 0.25) is 0 Å². The number of nitrogen functional groups attached to an aromatic ring is 1. The lowest BCUT2D eigenvalue weighted by atomic mass is 9.68. The first kappa shape index (κ1) is 27.4. The summed E-state index contributed by atoms with van der Waals surface area (Å²) in [5.41, 5.74) is 22.7. The summed E-state index contributed by atoms with van der Waals surface area (Å²) < 4.78 is 6.80. The van der Waals surface area contributed by atoms with Gasteiger partial charge in [0.15, 0.2) is 5.78 Å². The highest BCUT2D eigenvalue weighted by Crippen LogP contribution is 2.50. The summed E-state index contributed by atoms with van der Waals surface area (Å²) in [6.45, 7) is 5.63. The van der Waals surface area contributed by atoms with Crippen LogP contribution < -0.4 is 27.3 Å². The van der Waals surface area contributed by atoms with Crippen molar-refractivity contribution in [3.8, 4) is 11.5 Å². The highest BCUT2D eigenvalue weighted by atomic mass is 32.1. The van der Waals surface area contributed by atoms with Gasteiger partial charge in [0.1, 0.15) is 17.0 Å². The molecule has 3 atom stereocenters. The number of carbonyl (C=O) groups excluding carboxylic acids is 2. The lowest BCUT2D eigenvalue weighted by Crippen LogP contribution is -2.53. The van der Waals surface area contributed by atoms with Gasteiger partial charge >= 0.3 is 0 Å². The van der Waals surface area contributed by atoms with Gasteiger partial charge in [-0.25, -0.2) is 0 Å². The van der Waals surface area contributed by atoms with Crippen molar-refractivity contribution in [3.05, 3.63) is 87.3 Å². The van der Waals surface area contributed by atoms with E-state index < -0.39 is 11.6 Å². The second-order valence-electron chi connectivity index (χ2n) is 11.3. The predicted octanol–water partition coefficient (Wildman–Crippen LogP) is 4.50. The molecule has 9 heteroatoms. The number of piperidine rings is 1. The summed E-state index contributed by atoms with van der Waals surface area (Å²) in [5.74, 6) is 0.779. The average molecular weight is 570 g/mol. The SMILES string of the molecule is Cc1cc(Oc2ccccc2)cc(C)c1C1(N)C(=O)C(N)c2c(C(=O)NC3CCCN(C)C3)sc3c(N)ccc1c23. The van der Waals surface area contributed by atoms with Crippen LogP contribution in [0.25, 0.3) is 10.1 Å². The largest absolute Gasteiger partial charge is 0.457 e. The third-order valence-corrected chi connectivity index (χ3v) is 9.61. The fourth-order valence-corrected chi connectivity index (χ4v) is 7.77. The zero-order chi connectivity index (χ0) is 29.1. The van der Waals surface area contributed by atoms with Crippen molar-refractivity contribution in [2.75, 3.05) is 25.9 Å². The zero-order valence-electron chi connectivity index (χ0n) is 23.5. The molecule has 0 spiro atoms. The molecule has 1 aliphatic heterocycles. The molecule has 3 aromatic carbocycles. The van der Waals surface area contributed by atoms with Crippen LogP contribution in [0.1, 0.15) is 56.4 Å². The van der Waals surface area contributed by atoms with Crippen LogP contribution in [0.15, 0.2) is 54.6 Å². The molecule has 1 aromatic heterocycles. The highest BCUT2D eigenvalue weighted by molar-refractivity contribution is 7.21. The van der Waals surface area contributed by atoms with Gasteiger partial charge in [0.05, 0.1) is 15.6 Å². The molecular weight excluding hydrogens is 534 g/mol. The van der Waals surface area contributed by atoms with Crippen molar-refractivity contribution in [2.24, 2.45) is 11.5 Å². The summed E-state index contributed by atoms with van der Waals surface area (Å²) >= 11 is 1.28. The van der Waals surface area contributed by atoms with Gasteiger partial charge in [-0.15, -0.1) is 11.3 Å². The molecule has 41 heavy (non-hydrogen) atoms. The highest BCUT2D eigenvalue weighted by Gasteiger charge is 2.50. The van der Waals surface area contributed by atoms with Gasteiger partial charge in [-0.1, -0.05) is 24.3 Å². The number of ketones is 1. The Labute approximate surface area is 243 Å². The summed E-state index contributed by atoms with van der Waals surface area (Å²) in [5, 5.41) is 3.88. The summed E-state index contributed by atoms with van der Waals surface area (Å²) in [7, 11) is 2.05. The number of benzene rings is 3. The normalized spacial score (nSPS) is 22.6. The molecule has 1 saturated heterocycles. The molecule has 0 radical (unpaired) electrons. The molecule has 0 bridgehead atoms. The number of hydrogen-bond donors (Lipinski definition) is 4. The third kappa shape index (κ3) is 4.49. The topological polar surface area (TPSA) is 137 Å². The standard InChI is InChI=1S/C32H35N5O3S/c1-17-14-21(40-20-9-5-4-6-10-20)15-18(2)26(17)32(35)22-11-12-23(33)28-24(22)25(27(34)30(32)38)29(41-28)31(39)36-19-8-7-13-37(3)16-19/h4-6,9-12,14-15,19,27H,7-8,13,16,33-35H2,1-3H3,(H,36,39). The van der Waals surface area contributed by atoms with Crippen LogP contribution in [0.3, 0.4) is 0 Å². The molecule has 2 aliphatic rings. The third-order valence-electron chi connectivity index (χ3n) is 8.36.